The van der Waals surface area contributed by atoms with E-state index in [-0.39, 0.29) is 24.3 Å². The van der Waals surface area contributed by atoms with E-state index in [2.05, 4.69) is 0 Å². The number of methoxy groups -OCH3 is 1. The van der Waals surface area contributed by atoms with Crippen LogP contribution in [0.15, 0.2) is 54.6 Å². The standard InChI is InChI=1S/C24H22O6/c1-15-21(17-10-6-7-11-18(17)24(28)29-2)20(19(12-25)23(27)22(15)26)14-30-13-16-8-4-3-5-9-16/h3-12,26-27H,13-14H2,1-2H3. The maximum Gasteiger partial charge on any atom is 0.338 e. The Morgan fingerprint density at radius 2 is 1.63 bits per heavy atom. The molecule has 0 radical (unpaired) electrons. The van der Waals surface area contributed by atoms with Gasteiger partial charge in [0, 0.05) is 11.1 Å². The van der Waals surface area contributed by atoms with Crippen molar-refractivity contribution in [2.75, 3.05) is 7.11 Å². The number of rotatable bonds is 7. The van der Waals surface area contributed by atoms with Crippen LogP contribution in [-0.2, 0) is 22.7 Å². The molecule has 0 aromatic heterocycles. The summed E-state index contributed by atoms with van der Waals surface area (Å²) in [6, 6.07) is 16.2. The fourth-order valence-corrected chi connectivity index (χ4v) is 3.40. The molecule has 0 unspecified atom stereocenters. The number of benzene rings is 3. The van der Waals surface area contributed by atoms with Gasteiger partial charge in [-0.05, 0) is 29.7 Å². The SMILES string of the molecule is COC(=O)c1ccccc1-c1c(C)c(O)c(O)c(C=O)c1COCc1ccccc1. The Balaban J connectivity index is 2.14. The Kier molecular flexibility index (Phi) is 6.49. The van der Waals surface area contributed by atoms with Crippen molar-refractivity contribution in [3.8, 4) is 22.6 Å². The first-order valence-electron chi connectivity index (χ1n) is 9.31. The molecule has 154 valence electrons. The van der Waals surface area contributed by atoms with Gasteiger partial charge in [-0.2, -0.15) is 0 Å². The van der Waals surface area contributed by atoms with Crippen LogP contribution in [-0.4, -0.2) is 29.6 Å². The van der Waals surface area contributed by atoms with E-state index in [4.69, 9.17) is 9.47 Å². The number of hydrogen-bond acceptors (Lipinski definition) is 6. The van der Waals surface area contributed by atoms with Gasteiger partial charge in [-0.1, -0.05) is 48.5 Å². The van der Waals surface area contributed by atoms with Crippen molar-refractivity contribution >= 4 is 12.3 Å². The van der Waals surface area contributed by atoms with Crippen LogP contribution in [0.3, 0.4) is 0 Å². The van der Waals surface area contributed by atoms with Crippen molar-refractivity contribution in [3.63, 3.8) is 0 Å². The fraction of sp³-hybridized carbons (Fsp3) is 0.167. The average molecular weight is 406 g/mol. The van der Waals surface area contributed by atoms with Crippen molar-refractivity contribution in [1.29, 1.82) is 0 Å². The smallest absolute Gasteiger partial charge is 0.338 e. The lowest BCUT2D eigenvalue weighted by Crippen LogP contribution is -2.08. The Labute approximate surface area is 174 Å². The Morgan fingerprint density at radius 3 is 2.30 bits per heavy atom. The van der Waals surface area contributed by atoms with Gasteiger partial charge in [0.05, 0.1) is 31.5 Å². The monoisotopic (exact) mass is 406 g/mol. The van der Waals surface area contributed by atoms with Crippen LogP contribution in [0, 0.1) is 6.92 Å². The predicted octanol–water partition coefficient (Wildman–Crippen LogP) is 4.39. The van der Waals surface area contributed by atoms with Crippen LogP contribution in [0.1, 0.15) is 37.4 Å². The highest BCUT2D eigenvalue weighted by Crippen LogP contribution is 2.43. The summed E-state index contributed by atoms with van der Waals surface area (Å²) in [7, 11) is 1.28. The molecule has 6 nitrogen and oxygen atoms in total. The van der Waals surface area contributed by atoms with Gasteiger partial charge in [-0.3, -0.25) is 4.79 Å². The molecule has 0 bridgehead atoms. The van der Waals surface area contributed by atoms with E-state index in [0.29, 0.717) is 28.5 Å². The number of carbonyl (C=O) groups is 2. The molecule has 0 heterocycles. The van der Waals surface area contributed by atoms with Gasteiger partial charge in [0.15, 0.2) is 17.8 Å². The summed E-state index contributed by atoms with van der Waals surface area (Å²) in [6.45, 7) is 1.88. The summed E-state index contributed by atoms with van der Waals surface area (Å²) in [5.41, 5.74) is 2.76. The number of aromatic hydroxyl groups is 2. The second-order valence-corrected chi connectivity index (χ2v) is 6.72. The van der Waals surface area contributed by atoms with Crippen LogP contribution in [0.2, 0.25) is 0 Å². The average Bonchev–Trinajstić information content (AvgIpc) is 2.78. The molecule has 0 aliphatic rings. The van der Waals surface area contributed by atoms with Crippen LogP contribution >= 0.6 is 0 Å². The molecule has 0 fully saturated rings. The van der Waals surface area contributed by atoms with Gasteiger partial charge >= 0.3 is 5.97 Å². The minimum absolute atomic E-state index is 0.0114. The van der Waals surface area contributed by atoms with E-state index in [9.17, 15) is 19.8 Å². The maximum atomic E-state index is 12.3. The summed E-state index contributed by atoms with van der Waals surface area (Å²) < 4.78 is 10.7. The van der Waals surface area contributed by atoms with Crippen molar-refractivity contribution in [1.82, 2.24) is 0 Å². The number of phenolic OH excluding ortho intramolecular Hbond substituents is 2. The molecule has 6 heteroatoms. The van der Waals surface area contributed by atoms with Gasteiger partial charge in [0.25, 0.3) is 0 Å². The van der Waals surface area contributed by atoms with E-state index in [1.165, 1.54) is 7.11 Å². The largest absolute Gasteiger partial charge is 0.504 e. The molecule has 0 aliphatic carbocycles. The molecule has 3 rings (SSSR count). The second-order valence-electron chi connectivity index (χ2n) is 6.72. The fourth-order valence-electron chi connectivity index (χ4n) is 3.40. The maximum absolute atomic E-state index is 12.3. The van der Waals surface area contributed by atoms with E-state index in [1.54, 1.807) is 31.2 Å². The van der Waals surface area contributed by atoms with E-state index in [1.807, 2.05) is 30.3 Å². The molecule has 30 heavy (non-hydrogen) atoms. The molecule has 3 aromatic rings. The zero-order valence-electron chi connectivity index (χ0n) is 16.7. The molecule has 3 aromatic carbocycles. The normalized spacial score (nSPS) is 10.6. The van der Waals surface area contributed by atoms with Crippen LogP contribution < -0.4 is 0 Å². The van der Waals surface area contributed by atoms with E-state index in [0.717, 1.165) is 5.56 Å². The first-order chi connectivity index (χ1) is 14.5. The van der Waals surface area contributed by atoms with Crippen molar-refractivity contribution < 1.29 is 29.3 Å². The van der Waals surface area contributed by atoms with E-state index >= 15 is 0 Å². The number of hydrogen-bond donors (Lipinski definition) is 2. The Hall–Kier alpha value is -3.64. The lowest BCUT2D eigenvalue weighted by Gasteiger charge is -2.20. The third-order valence-corrected chi connectivity index (χ3v) is 4.91. The Morgan fingerprint density at radius 1 is 0.967 bits per heavy atom. The molecular weight excluding hydrogens is 384 g/mol. The number of phenols is 2. The lowest BCUT2D eigenvalue weighted by atomic mass is 9.88. The zero-order chi connectivity index (χ0) is 21.7. The molecule has 0 saturated carbocycles. The Bertz CT molecular complexity index is 1070. The first-order valence-corrected chi connectivity index (χ1v) is 9.31. The van der Waals surface area contributed by atoms with Crippen molar-refractivity contribution in [3.05, 3.63) is 82.4 Å². The lowest BCUT2D eigenvalue weighted by molar-refractivity contribution is 0.0601. The van der Waals surface area contributed by atoms with Gasteiger partial charge in [0.2, 0.25) is 0 Å². The van der Waals surface area contributed by atoms with Crippen molar-refractivity contribution in [2.24, 2.45) is 0 Å². The van der Waals surface area contributed by atoms with Gasteiger partial charge in [-0.25, -0.2) is 4.79 Å². The number of ether oxygens (including phenoxy) is 2. The summed E-state index contributed by atoms with van der Waals surface area (Å²) in [5.74, 6) is -1.49. The highest BCUT2D eigenvalue weighted by molar-refractivity contribution is 6.00. The van der Waals surface area contributed by atoms with Crippen LogP contribution in [0.5, 0.6) is 11.5 Å². The summed E-state index contributed by atoms with van der Waals surface area (Å²) in [5, 5.41) is 20.8. The molecule has 0 spiro atoms. The minimum Gasteiger partial charge on any atom is -0.504 e. The molecule has 0 saturated heterocycles. The van der Waals surface area contributed by atoms with E-state index < -0.39 is 17.5 Å². The highest BCUT2D eigenvalue weighted by atomic mass is 16.5. The molecule has 0 atom stereocenters. The highest BCUT2D eigenvalue weighted by Gasteiger charge is 2.25. The molecule has 0 amide bonds. The van der Waals surface area contributed by atoms with Crippen LogP contribution in [0.4, 0.5) is 0 Å². The van der Waals surface area contributed by atoms with Gasteiger partial charge in [-0.15, -0.1) is 0 Å². The number of esters is 1. The quantitative estimate of drug-likeness (QED) is 0.343. The predicted molar refractivity (Wildman–Crippen MR) is 112 cm³/mol. The van der Waals surface area contributed by atoms with Crippen molar-refractivity contribution in [2.45, 2.75) is 20.1 Å². The summed E-state index contributed by atoms with van der Waals surface area (Å²) >= 11 is 0. The second kappa shape index (κ2) is 9.24. The summed E-state index contributed by atoms with van der Waals surface area (Å²) in [6.07, 6.45) is 0.472. The van der Waals surface area contributed by atoms with Gasteiger partial charge < -0.3 is 19.7 Å². The molecular formula is C24H22O6. The molecule has 0 aliphatic heterocycles. The third kappa shape index (κ3) is 4.04. The first kappa shape index (κ1) is 21.1. The number of aldehydes is 1. The van der Waals surface area contributed by atoms with Gasteiger partial charge in [0.1, 0.15) is 0 Å². The summed E-state index contributed by atoms with van der Waals surface area (Å²) in [4.78, 5) is 24.1. The minimum atomic E-state index is -0.554. The van der Waals surface area contributed by atoms with Crippen LogP contribution in [0.25, 0.3) is 11.1 Å². The topological polar surface area (TPSA) is 93.1 Å². The molecule has 2 N–H and O–H groups in total. The zero-order valence-corrected chi connectivity index (χ0v) is 16.7. The number of carbonyl (C=O) groups excluding carboxylic acids is 2. The third-order valence-electron chi connectivity index (χ3n) is 4.91.